The van der Waals surface area contributed by atoms with Gasteiger partial charge in [-0.1, -0.05) is 0 Å². The molecule has 4 rings (SSSR count). The van der Waals surface area contributed by atoms with E-state index in [1.807, 2.05) is 50.5 Å². The Labute approximate surface area is 178 Å². The SMILES string of the molecule is Cc1nn(C)cc1-c1ccc(CC2CC3(CCN(C(=O)OC(C)(C)C)CC3)C2)nn1. The highest BCUT2D eigenvalue weighted by molar-refractivity contribution is 5.68. The number of aryl methyl sites for hydroxylation is 2. The van der Waals surface area contributed by atoms with Crippen molar-refractivity contribution in [2.24, 2.45) is 18.4 Å². The van der Waals surface area contributed by atoms with Crippen molar-refractivity contribution in [2.45, 2.75) is 65.4 Å². The van der Waals surface area contributed by atoms with Crippen LogP contribution in [0.2, 0.25) is 0 Å². The second kappa shape index (κ2) is 7.67. The standard InChI is InChI=1S/C23H33N5O2/c1-16-19(15-27(5)26-16)20-7-6-18(24-25-20)12-17-13-23(14-17)8-10-28(11-9-23)21(29)30-22(2,3)4/h6-7,15,17H,8-14H2,1-5H3. The first-order valence-electron chi connectivity index (χ1n) is 10.9. The molecule has 1 saturated carbocycles. The van der Waals surface area contributed by atoms with Gasteiger partial charge < -0.3 is 9.64 Å². The molecule has 0 unspecified atom stereocenters. The summed E-state index contributed by atoms with van der Waals surface area (Å²) in [4.78, 5) is 14.1. The Hall–Kier alpha value is -2.44. The van der Waals surface area contributed by atoms with Crippen LogP contribution in [0, 0.1) is 18.3 Å². The largest absolute Gasteiger partial charge is 0.444 e. The van der Waals surface area contributed by atoms with Crippen LogP contribution in [0.25, 0.3) is 11.3 Å². The minimum Gasteiger partial charge on any atom is -0.444 e. The highest BCUT2D eigenvalue weighted by Gasteiger charge is 2.46. The van der Waals surface area contributed by atoms with E-state index in [4.69, 9.17) is 4.74 Å². The van der Waals surface area contributed by atoms with Gasteiger partial charge in [-0.2, -0.15) is 15.3 Å². The Bertz CT molecular complexity index is 897. The quantitative estimate of drug-likeness (QED) is 0.758. The first-order chi connectivity index (χ1) is 14.1. The molecule has 1 spiro atoms. The van der Waals surface area contributed by atoms with Gasteiger partial charge in [0.2, 0.25) is 0 Å². The lowest BCUT2D eigenvalue weighted by Crippen LogP contribution is -2.50. The average Bonchev–Trinajstić information content (AvgIpc) is 2.98. The number of ether oxygens (including phenoxy) is 1. The van der Waals surface area contributed by atoms with Crippen molar-refractivity contribution in [2.75, 3.05) is 13.1 Å². The van der Waals surface area contributed by atoms with Crippen molar-refractivity contribution in [3.8, 4) is 11.3 Å². The smallest absolute Gasteiger partial charge is 0.410 e. The van der Waals surface area contributed by atoms with E-state index in [-0.39, 0.29) is 6.09 Å². The Morgan fingerprint density at radius 3 is 2.43 bits per heavy atom. The summed E-state index contributed by atoms with van der Waals surface area (Å²) in [6, 6.07) is 4.16. The summed E-state index contributed by atoms with van der Waals surface area (Å²) in [6.07, 6.45) is 7.39. The lowest BCUT2D eigenvalue weighted by atomic mass is 9.56. The van der Waals surface area contributed by atoms with E-state index in [0.717, 1.165) is 55.0 Å². The highest BCUT2D eigenvalue weighted by atomic mass is 16.6. The van der Waals surface area contributed by atoms with Gasteiger partial charge in [0, 0.05) is 31.9 Å². The van der Waals surface area contributed by atoms with Crippen molar-refractivity contribution in [1.82, 2.24) is 24.9 Å². The second-order valence-corrected chi connectivity index (χ2v) is 10.2. The first-order valence-corrected chi connectivity index (χ1v) is 10.9. The van der Waals surface area contributed by atoms with Gasteiger partial charge >= 0.3 is 6.09 Å². The van der Waals surface area contributed by atoms with Crippen LogP contribution < -0.4 is 0 Å². The first kappa shape index (κ1) is 20.8. The molecule has 0 aromatic carbocycles. The van der Waals surface area contributed by atoms with Crippen LogP contribution >= 0.6 is 0 Å². The van der Waals surface area contributed by atoms with Crippen LogP contribution in [-0.4, -0.2) is 49.7 Å². The van der Waals surface area contributed by atoms with Crippen molar-refractivity contribution >= 4 is 6.09 Å². The number of nitrogens with zero attached hydrogens (tertiary/aromatic N) is 5. The molecule has 1 amide bonds. The molecule has 1 aliphatic heterocycles. The van der Waals surface area contributed by atoms with Gasteiger partial charge in [0.25, 0.3) is 0 Å². The third-order valence-electron chi connectivity index (χ3n) is 6.43. The summed E-state index contributed by atoms with van der Waals surface area (Å²) < 4.78 is 7.32. The number of hydrogen-bond acceptors (Lipinski definition) is 5. The molecule has 1 aliphatic carbocycles. The van der Waals surface area contributed by atoms with Gasteiger partial charge in [0.1, 0.15) is 5.60 Å². The molecule has 1 saturated heterocycles. The molecule has 3 heterocycles. The molecule has 162 valence electrons. The van der Waals surface area contributed by atoms with Gasteiger partial charge in [0.05, 0.1) is 17.1 Å². The number of piperidine rings is 1. The second-order valence-electron chi connectivity index (χ2n) is 10.2. The van der Waals surface area contributed by atoms with Crippen LogP contribution in [0.1, 0.15) is 57.8 Å². The summed E-state index contributed by atoms with van der Waals surface area (Å²) >= 11 is 0. The minimum absolute atomic E-state index is 0.174. The molecule has 2 aromatic heterocycles. The van der Waals surface area contributed by atoms with Crippen LogP contribution in [0.4, 0.5) is 4.79 Å². The zero-order valence-electron chi connectivity index (χ0n) is 18.8. The van der Waals surface area contributed by atoms with Crippen molar-refractivity contribution in [3.05, 3.63) is 29.7 Å². The van der Waals surface area contributed by atoms with Gasteiger partial charge in [-0.05, 0) is 83.3 Å². The van der Waals surface area contributed by atoms with E-state index < -0.39 is 5.60 Å². The predicted octanol–water partition coefficient (Wildman–Crippen LogP) is 4.16. The molecule has 2 aliphatic rings. The lowest BCUT2D eigenvalue weighted by Gasteiger charge is -2.52. The molecule has 2 aromatic rings. The minimum atomic E-state index is -0.430. The summed E-state index contributed by atoms with van der Waals surface area (Å²) in [5.74, 6) is 0.665. The third-order valence-corrected chi connectivity index (χ3v) is 6.43. The summed E-state index contributed by atoms with van der Waals surface area (Å²) in [7, 11) is 1.92. The molecule has 7 nitrogen and oxygen atoms in total. The normalized spacial score (nSPS) is 19.0. The van der Waals surface area contributed by atoms with Gasteiger partial charge in [-0.15, -0.1) is 0 Å². The van der Waals surface area contributed by atoms with E-state index in [1.165, 1.54) is 12.8 Å². The Kier molecular flexibility index (Phi) is 5.32. The molecule has 0 bridgehead atoms. The molecule has 2 fully saturated rings. The molecule has 30 heavy (non-hydrogen) atoms. The molecular formula is C23H33N5O2. The van der Waals surface area contributed by atoms with Crippen LogP contribution in [-0.2, 0) is 18.2 Å². The van der Waals surface area contributed by atoms with Crippen LogP contribution in [0.3, 0.4) is 0 Å². The fourth-order valence-electron chi connectivity index (χ4n) is 4.97. The maximum Gasteiger partial charge on any atom is 0.410 e. The molecule has 0 radical (unpaired) electrons. The van der Waals surface area contributed by atoms with Crippen LogP contribution in [0.5, 0.6) is 0 Å². The topological polar surface area (TPSA) is 73.1 Å². The number of aromatic nitrogens is 4. The van der Waals surface area contributed by atoms with Crippen molar-refractivity contribution in [3.63, 3.8) is 0 Å². The number of hydrogen-bond donors (Lipinski definition) is 0. The van der Waals surface area contributed by atoms with Crippen LogP contribution in [0.15, 0.2) is 18.3 Å². The average molecular weight is 412 g/mol. The zero-order valence-corrected chi connectivity index (χ0v) is 18.8. The zero-order chi connectivity index (χ0) is 21.5. The molecular weight excluding hydrogens is 378 g/mol. The molecule has 0 N–H and O–H groups in total. The Morgan fingerprint density at radius 1 is 1.20 bits per heavy atom. The summed E-state index contributed by atoms with van der Waals surface area (Å²) in [5, 5.41) is 13.3. The lowest BCUT2D eigenvalue weighted by molar-refractivity contribution is -0.0272. The summed E-state index contributed by atoms with van der Waals surface area (Å²) in [6.45, 7) is 9.36. The molecule has 0 atom stereocenters. The molecule has 7 heteroatoms. The Balaban J connectivity index is 1.26. The fourth-order valence-corrected chi connectivity index (χ4v) is 4.97. The van der Waals surface area contributed by atoms with E-state index >= 15 is 0 Å². The number of amides is 1. The van der Waals surface area contributed by atoms with E-state index in [9.17, 15) is 4.79 Å². The highest BCUT2D eigenvalue weighted by Crippen LogP contribution is 2.53. The van der Waals surface area contributed by atoms with Crippen molar-refractivity contribution in [1.29, 1.82) is 0 Å². The van der Waals surface area contributed by atoms with Crippen molar-refractivity contribution < 1.29 is 9.53 Å². The van der Waals surface area contributed by atoms with E-state index in [1.54, 1.807) is 0 Å². The van der Waals surface area contributed by atoms with E-state index in [0.29, 0.717) is 11.3 Å². The number of likely N-dealkylation sites (tertiary alicyclic amines) is 1. The van der Waals surface area contributed by atoms with E-state index in [2.05, 4.69) is 27.4 Å². The fraction of sp³-hybridized carbons (Fsp3) is 0.652. The maximum absolute atomic E-state index is 12.3. The third kappa shape index (κ3) is 4.50. The van der Waals surface area contributed by atoms with Gasteiger partial charge in [-0.25, -0.2) is 4.79 Å². The Morgan fingerprint density at radius 2 is 1.90 bits per heavy atom. The van der Waals surface area contributed by atoms with Gasteiger partial charge in [0.15, 0.2) is 0 Å². The summed E-state index contributed by atoms with van der Waals surface area (Å²) in [5.41, 5.74) is 3.92. The maximum atomic E-state index is 12.3. The predicted molar refractivity (Wildman–Crippen MR) is 115 cm³/mol. The number of rotatable bonds is 3. The van der Waals surface area contributed by atoms with Gasteiger partial charge in [-0.3, -0.25) is 4.68 Å². The monoisotopic (exact) mass is 411 g/mol. The number of carbonyl (C=O) groups excluding carboxylic acids is 1. The number of carbonyl (C=O) groups is 1.